The molecule has 0 fully saturated rings. The summed E-state index contributed by atoms with van der Waals surface area (Å²) < 4.78 is 11.1. The van der Waals surface area contributed by atoms with Gasteiger partial charge in [0.25, 0.3) is 0 Å². The van der Waals surface area contributed by atoms with E-state index in [-0.39, 0.29) is 0 Å². The minimum Gasteiger partial charge on any atom is -0.467 e. The Morgan fingerprint density at radius 1 is 1.05 bits per heavy atom. The monoisotopic (exact) mass is 291 g/mol. The molecule has 1 aromatic carbocycles. The van der Waals surface area contributed by atoms with Crippen molar-refractivity contribution in [3.63, 3.8) is 0 Å². The molecule has 0 aliphatic heterocycles. The van der Waals surface area contributed by atoms with E-state index in [0.29, 0.717) is 22.9 Å². The van der Waals surface area contributed by atoms with E-state index in [1.807, 2.05) is 36.4 Å². The standard InChI is InChI=1S/C17H13N3O2/c18-17(15-6-3-7-21-15)13-10-19-9-12(20-13)16-8-11-4-1-2-5-14(11)22-16/h1-10,17H,18H2. The third-order valence-corrected chi connectivity index (χ3v) is 3.50. The second-order valence-corrected chi connectivity index (χ2v) is 4.97. The largest absolute Gasteiger partial charge is 0.467 e. The van der Waals surface area contributed by atoms with Crippen LogP contribution >= 0.6 is 0 Å². The average Bonchev–Trinajstić information content (AvgIpc) is 3.23. The van der Waals surface area contributed by atoms with Gasteiger partial charge in [-0.05, 0) is 24.3 Å². The summed E-state index contributed by atoms with van der Waals surface area (Å²) in [6, 6.07) is 12.9. The van der Waals surface area contributed by atoms with Crippen LogP contribution in [0, 0.1) is 0 Å². The summed E-state index contributed by atoms with van der Waals surface area (Å²) in [4.78, 5) is 8.77. The number of fused-ring (bicyclic) bond motifs is 1. The van der Waals surface area contributed by atoms with Crippen molar-refractivity contribution in [2.45, 2.75) is 6.04 Å². The van der Waals surface area contributed by atoms with Crippen LogP contribution in [0.1, 0.15) is 17.5 Å². The lowest BCUT2D eigenvalue weighted by Crippen LogP contribution is -2.13. The number of benzene rings is 1. The SMILES string of the molecule is NC(c1cncc(-c2cc3ccccc3o2)n1)c1ccco1. The molecule has 0 spiro atoms. The van der Waals surface area contributed by atoms with E-state index < -0.39 is 6.04 Å². The average molecular weight is 291 g/mol. The van der Waals surface area contributed by atoms with Gasteiger partial charge >= 0.3 is 0 Å². The van der Waals surface area contributed by atoms with Crippen molar-refractivity contribution in [1.82, 2.24) is 9.97 Å². The van der Waals surface area contributed by atoms with Gasteiger partial charge in [-0.1, -0.05) is 18.2 Å². The highest BCUT2D eigenvalue weighted by Gasteiger charge is 2.15. The third kappa shape index (κ3) is 2.17. The molecule has 3 aromatic heterocycles. The highest BCUT2D eigenvalue weighted by molar-refractivity contribution is 5.81. The van der Waals surface area contributed by atoms with Crippen LogP contribution in [0.5, 0.6) is 0 Å². The number of furan rings is 2. The van der Waals surface area contributed by atoms with Gasteiger partial charge < -0.3 is 14.6 Å². The molecule has 3 heterocycles. The van der Waals surface area contributed by atoms with Gasteiger partial charge in [-0.25, -0.2) is 4.98 Å². The van der Waals surface area contributed by atoms with E-state index in [9.17, 15) is 0 Å². The van der Waals surface area contributed by atoms with Gasteiger partial charge in [-0.15, -0.1) is 0 Å². The van der Waals surface area contributed by atoms with Crippen molar-refractivity contribution in [2.24, 2.45) is 5.73 Å². The number of nitrogens with two attached hydrogens (primary N) is 1. The molecule has 5 heteroatoms. The zero-order valence-corrected chi connectivity index (χ0v) is 11.6. The van der Waals surface area contributed by atoms with Crippen LogP contribution in [-0.4, -0.2) is 9.97 Å². The van der Waals surface area contributed by atoms with E-state index in [4.69, 9.17) is 14.6 Å². The van der Waals surface area contributed by atoms with Gasteiger partial charge in [-0.3, -0.25) is 4.98 Å². The van der Waals surface area contributed by atoms with E-state index in [2.05, 4.69) is 9.97 Å². The van der Waals surface area contributed by atoms with Crippen LogP contribution in [0.3, 0.4) is 0 Å². The molecule has 5 nitrogen and oxygen atoms in total. The van der Waals surface area contributed by atoms with E-state index >= 15 is 0 Å². The van der Waals surface area contributed by atoms with Crippen molar-refractivity contribution in [2.75, 3.05) is 0 Å². The first-order valence-electron chi connectivity index (χ1n) is 6.91. The lowest BCUT2D eigenvalue weighted by molar-refractivity contribution is 0.486. The van der Waals surface area contributed by atoms with Crippen molar-refractivity contribution >= 4 is 11.0 Å². The van der Waals surface area contributed by atoms with Gasteiger partial charge in [0, 0.05) is 5.39 Å². The Hall–Kier alpha value is -2.92. The van der Waals surface area contributed by atoms with Crippen LogP contribution < -0.4 is 5.73 Å². The van der Waals surface area contributed by atoms with Crippen LogP contribution in [0.2, 0.25) is 0 Å². The van der Waals surface area contributed by atoms with E-state index in [1.54, 1.807) is 24.7 Å². The molecule has 108 valence electrons. The first-order valence-corrected chi connectivity index (χ1v) is 6.91. The van der Waals surface area contributed by atoms with Crippen LogP contribution in [0.4, 0.5) is 0 Å². The van der Waals surface area contributed by atoms with Gasteiger partial charge in [0.2, 0.25) is 0 Å². The molecule has 1 unspecified atom stereocenters. The summed E-state index contributed by atoms with van der Waals surface area (Å²) in [7, 11) is 0. The van der Waals surface area contributed by atoms with Gasteiger partial charge in [0.1, 0.15) is 23.1 Å². The first kappa shape index (κ1) is 12.8. The molecule has 0 saturated heterocycles. The zero-order chi connectivity index (χ0) is 14.9. The fraction of sp³-hybridized carbons (Fsp3) is 0.0588. The summed E-state index contributed by atoms with van der Waals surface area (Å²) >= 11 is 0. The Balaban J connectivity index is 1.75. The topological polar surface area (TPSA) is 78.1 Å². The zero-order valence-electron chi connectivity index (χ0n) is 11.6. The summed E-state index contributed by atoms with van der Waals surface area (Å²) in [5, 5.41) is 1.03. The molecule has 0 aliphatic rings. The maximum atomic E-state index is 6.16. The predicted molar refractivity (Wildman–Crippen MR) is 82.0 cm³/mol. The smallest absolute Gasteiger partial charge is 0.155 e. The van der Waals surface area contributed by atoms with Crippen molar-refractivity contribution in [1.29, 1.82) is 0 Å². The molecule has 0 radical (unpaired) electrons. The maximum Gasteiger partial charge on any atom is 0.155 e. The molecule has 4 rings (SSSR count). The van der Waals surface area contributed by atoms with Crippen LogP contribution in [-0.2, 0) is 0 Å². The highest BCUT2D eigenvalue weighted by atomic mass is 16.3. The Labute approximate surface area is 126 Å². The molecule has 1 atom stereocenters. The number of hydrogen-bond donors (Lipinski definition) is 1. The molecular weight excluding hydrogens is 278 g/mol. The number of rotatable bonds is 3. The minimum absolute atomic E-state index is 0.452. The number of para-hydroxylation sites is 1. The predicted octanol–water partition coefficient (Wildman–Crippen LogP) is 3.53. The lowest BCUT2D eigenvalue weighted by atomic mass is 10.1. The second-order valence-electron chi connectivity index (χ2n) is 4.97. The molecule has 0 aliphatic carbocycles. The Morgan fingerprint density at radius 3 is 2.77 bits per heavy atom. The van der Waals surface area contributed by atoms with E-state index in [0.717, 1.165) is 11.0 Å². The number of hydrogen-bond acceptors (Lipinski definition) is 5. The Bertz CT molecular complexity index is 879. The fourth-order valence-electron chi connectivity index (χ4n) is 2.37. The van der Waals surface area contributed by atoms with Crippen molar-refractivity contribution in [3.8, 4) is 11.5 Å². The second kappa shape index (κ2) is 5.13. The molecule has 0 bridgehead atoms. The molecule has 0 saturated carbocycles. The van der Waals surface area contributed by atoms with Gasteiger partial charge in [-0.2, -0.15) is 0 Å². The summed E-state index contributed by atoms with van der Waals surface area (Å²) in [6.45, 7) is 0. The molecule has 0 amide bonds. The van der Waals surface area contributed by atoms with Crippen molar-refractivity contribution in [3.05, 3.63) is 72.6 Å². The van der Waals surface area contributed by atoms with E-state index in [1.165, 1.54) is 0 Å². The molecule has 4 aromatic rings. The maximum absolute atomic E-state index is 6.16. The summed E-state index contributed by atoms with van der Waals surface area (Å²) in [5.41, 5.74) is 8.26. The number of nitrogens with zero attached hydrogens (tertiary/aromatic N) is 2. The normalized spacial score (nSPS) is 12.6. The quantitative estimate of drug-likeness (QED) is 0.624. The van der Waals surface area contributed by atoms with Crippen LogP contribution in [0.15, 0.2) is 70.0 Å². The van der Waals surface area contributed by atoms with Crippen molar-refractivity contribution < 1.29 is 8.83 Å². The highest BCUT2D eigenvalue weighted by Crippen LogP contribution is 2.27. The third-order valence-electron chi connectivity index (χ3n) is 3.50. The van der Waals surface area contributed by atoms with Crippen LogP contribution in [0.25, 0.3) is 22.4 Å². The van der Waals surface area contributed by atoms with Gasteiger partial charge in [0.05, 0.1) is 24.4 Å². The molecule has 22 heavy (non-hydrogen) atoms. The summed E-state index contributed by atoms with van der Waals surface area (Å²) in [6.07, 6.45) is 4.89. The lowest BCUT2D eigenvalue weighted by Gasteiger charge is -2.08. The minimum atomic E-state index is -0.452. The Morgan fingerprint density at radius 2 is 1.95 bits per heavy atom. The summed E-state index contributed by atoms with van der Waals surface area (Å²) in [5.74, 6) is 1.32. The number of aromatic nitrogens is 2. The molecular formula is C17H13N3O2. The van der Waals surface area contributed by atoms with Gasteiger partial charge in [0.15, 0.2) is 5.76 Å². The Kier molecular flexibility index (Phi) is 2.98. The first-order chi connectivity index (χ1) is 10.8. The molecule has 2 N–H and O–H groups in total. The fourth-order valence-corrected chi connectivity index (χ4v) is 2.37.